The summed E-state index contributed by atoms with van der Waals surface area (Å²) in [6.45, 7) is 3.56. The largest absolute Gasteiger partial charge is 0.494 e. The number of thiazole rings is 1. The van der Waals surface area contributed by atoms with Crippen LogP contribution in [0.15, 0.2) is 47.4 Å². The highest BCUT2D eigenvalue weighted by Crippen LogP contribution is 2.32. The number of hydrogen-bond acceptors (Lipinski definition) is 7. The third kappa shape index (κ3) is 5.16. The zero-order valence-electron chi connectivity index (χ0n) is 17.5. The Morgan fingerprint density at radius 2 is 1.90 bits per heavy atom. The van der Waals surface area contributed by atoms with Crippen LogP contribution in [0.5, 0.6) is 5.75 Å². The van der Waals surface area contributed by atoms with Gasteiger partial charge in [-0.2, -0.15) is 0 Å². The second kappa shape index (κ2) is 9.11. The Hall–Kier alpha value is -2.49. The minimum absolute atomic E-state index is 0.117. The third-order valence-electron chi connectivity index (χ3n) is 4.42. The summed E-state index contributed by atoms with van der Waals surface area (Å²) in [6.07, 6.45) is 1.13. The first-order valence-electron chi connectivity index (χ1n) is 9.49. The van der Waals surface area contributed by atoms with E-state index in [1.807, 2.05) is 44.1 Å². The summed E-state index contributed by atoms with van der Waals surface area (Å²) in [5.74, 6) is 0.471. The molecule has 0 aliphatic carbocycles. The summed E-state index contributed by atoms with van der Waals surface area (Å²) in [5, 5.41) is 0.565. The molecule has 0 saturated carbocycles. The van der Waals surface area contributed by atoms with E-state index in [4.69, 9.17) is 4.74 Å². The highest BCUT2D eigenvalue weighted by molar-refractivity contribution is 7.90. The summed E-state index contributed by atoms with van der Waals surface area (Å²) >= 11 is 1.41. The maximum atomic E-state index is 13.3. The summed E-state index contributed by atoms with van der Waals surface area (Å²) in [5.41, 5.74) is 1.09. The van der Waals surface area contributed by atoms with Crippen molar-refractivity contribution in [2.75, 3.05) is 44.9 Å². The molecule has 9 heteroatoms. The van der Waals surface area contributed by atoms with E-state index in [9.17, 15) is 13.2 Å². The Balaban J connectivity index is 2.00. The van der Waals surface area contributed by atoms with Gasteiger partial charge in [-0.3, -0.25) is 9.69 Å². The smallest absolute Gasteiger partial charge is 0.260 e. The standard InChI is InChI=1S/C21H25N3O4S2/c1-5-28-16-9-10-18-19(14-16)29-21(22-18)24(12-11-23(2)3)20(25)15-7-6-8-17(13-15)30(4,26)27/h6-10,13-14H,5,11-12H2,1-4H3. The molecule has 30 heavy (non-hydrogen) atoms. The fourth-order valence-corrected chi connectivity index (χ4v) is 4.55. The van der Waals surface area contributed by atoms with E-state index in [1.54, 1.807) is 17.0 Å². The summed E-state index contributed by atoms with van der Waals surface area (Å²) in [7, 11) is 0.449. The minimum Gasteiger partial charge on any atom is -0.494 e. The van der Waals surface area contributed by atoms with E-state index in [2.05, 4.69) is 4.98 Å². The molecule has 0 N–H and O–H groups in total. The van der Waals surface area contributed by atoms with E-state index in [0.29, 0.717) is 30.4 Å². The van der Waals surface area contributed by atoms with Crippen molar-refractivity contribution in [3.05, 3.63) is 48.0 Å². The van der Waals surface area contributed by atoms with E-state index in [1.165, 1.54) is 23.5 Å². The molecule has 3 aromatic rings. The van der Waals surface area contributed by atoms with Crippen molar-refractivity contribution in [3.8, 4) is 5.75 Å². The van der Waals surface area contributed by atoms with Crippen molar-refractivity contribution in [2.24, 2.45) is 0 Å². The van der Waals surface area contributed by atoms with Crippen LogP contribution in [0.3, 0.4) is 0 Å². The van der Waals surface area contributed by atoms with Gasteiger partial charge in [0.05, 0.1) is 21.7 Å². The van der Waals surface area contributed by atoms with Gasteiger partial charge >= 0.3 is 0 Å². The van der Waals surface area contributed by atoms with Crippen LogP contribution in [-0.4, -0.2) is 64.3 Å². The van der Waals surface area contributed by atoms with Crippen molar-refractivity contribution in [1.82, 2.24) is 9.88 Å². The Labute approximate surface area is 180 Å². The average molecular weight is 448 g/mol. The van der Waals surface area contributed by atoms with E-state index in [-0.39, 0.29) is 10.8 Å². The minimum atomic E-state index is -3.41. The Morgan fingerprint density at radius 1 is 1.13 bits per heavy atom. The number of ether oxygens (including phenoxy) is 1. The van der Waals surface area contributed by atoms with Gasteiger partial charge in [0.15, 0.2) is 15.0 Å². The van der Waals surface area contributed by atoms with Crippen LogP contribution in [0.2, 0.25) is 0 Å². The van der Waals surface area contributed by atoms with Gasteiger partial charge in [0.1, 0.15) is 5.75 Å². The Kier molecular flexibility index (Phi) is 6.74. The molecule has 0 atom stereocenters. The molecular formula is C21H25N3O4S2. The lowest BCUT2D eigenvalue weighted by atomic mass is 10.2. The molecule has 0 saturated heterocycles. The van der Waals surface area contributed by atoms with Crippen molar-refractivity contribution in [2.45, 2.75) is 11.8 Å². The molecule has 0 unspecified atom stereocenters. The van der Waals surface area contributed by atoms with Crippen LogP contribution in [0.25, 0.3) is 10.2 Å². The van der Waals surface area contributed by atoms with Gasteiger partial charge in [-0.1, -0.05) is 17.4 Å². The zero-order valence-corrected chi connectivity index (χ0v) is 19.1. The number of aromatic nitrogens is 1. The summed E-state index contributed by atoms with van der Waals surface area (Å²) in [6, 6.07) is 11.8. The lowest BCUT2D eigenvalue weighted by Crippen LogP contribution is -2.36. The van der Waals surface area contributed by atoms with Gasteiger partial charge < -0.3 is 9.64 Å². The number of nitrogens with zero attached hydrogens (tertiary/aromatic N) is 3. The fourth-order valence-electron chi connectivity index (χ4n) is 2.86. The number of likely N-dealkylation sites (N-methyl/N-ethyl adjacent to an activating group) is 1. The van der Waals surface area contributed by atoms with Crippen LogP contribution in [-0.2, 0) is 9.84 Å². The first-order chi connectivity index (χ1) is 14.2. The number of anilines is 1. The normalized spacial score (nSPS) is 11.8. The molecule has 0 aliphatic rings. The molecule has 3 rings (SSSR count). The highest BCUT2D eigenvalue weighted by Gasteiger charge is 2.22. The molecule has 0 radical (unpaired) electrons. The first-order valence-corrected chi connectivity index (χ1v) is 12.2. The molecule has 160 valence electrons. The first kappa shape index (κ1) is 22.2. The predicted molar refractivity (Wildman–Crippen MR) is 121 cm³/mol. The van der Waals surface area contributed by atoms with Gasteiger partial charge in [0.2, 0.25) is 0 Å². The van der Waals surface area contributed by atoms with E-state index in [0.717, 1.165) is 22.2 Å². The van der Waals surface area contributed by atoms with Crippen LogP contribution in [0.1, 0.15) is 17.3 Å². The number of rotatable bonds is 8. The Morgan fingerprint density at radius 3 is 2.57 bits per heavy atom. The molecule has 1 heterocycles. The molecule has 7 nitrogen and oxygen atoms in total. The molecule has 1 amide bonds. The Bertz CT molecular complexity index is 1160. The second-order valence-corrected chi connectivity index (χ2v) is 10.1. The molecule has 2 aromatic carbocycles. The quantitative estimate of drug-likeness (QED) is 0.527. The fraction of sp³-hybridized carbons (Fsp3) is 0.333. The number of fused-ring (bicyclic) bond motifs is 1. The number of benzene rings is 2. The van der Waals surface area contributed by atoms with E-state index < -0.39 is 9.84 Å². The molecule has 0 aliphatic heterocycles. The maximum Gasteiger partial charge on any atom is 0.260 e. The van der Waals surface area contributed by atoms with Crippen molar-refractivity contribution < 1.29 is 17.9 Å². The van der Waals surface area contributed by atoms with Crippen LogP contribution >= 0.6 is 11.3 Å². The van der Waals surface area contributed by atoms with Crippen molar-refractivity contribution in [3.63, 3.8) is 0 Å². The van der Waals surface area contributed by atoms with Crippen LogP contribution < -0.4 is 9.64 Å². The number of carbonyl (C=O) groups is 1. The number of amides is 1. The second-order valence-electron chi connectivity index (χ2n) is 7.12. The third-order valence-corrected chi connectivity index (χ3v) is 6.57. The van der Waals surface area contributed by atoms with Gasteiger partial charge in [-0.05, 0) is 57.4 Å². The monoisotopic (exact) mass is 447 g/mol. The maximum absolute atomic E-state index is 13.3. The SMILES string of the molecule is CCOc1ccc2nc(N(CCN(C)C)C(=O)c3cccc(S(C)(=O)=O)c3)sc2c1. The zero-order chi connectivity index (χ0) is 21.9. The van der Waals surface area contributed by atoms with Crippen molar-refractivity contribution >= 4 is 42.4 Å². The van der Waals surface area contributed by atoms with Crippen LogP contribution in [0, 0.1) is 0 Å². The average Bonchev–Trinajstić information content (AvgIpc) is 3.10. The number of hydrogen-bond donors (Lipinski definition) is 0. The summed E-state index contributed by atoms with van der Waals surface area (Å²) < 4.78 is 30.3. The van der Waals surface area contributed by atoms with Crippen LogP contribution in [0.4, 0.5) is 5.13 Å². The van der Waals surface area contributed by atoms with Gasteiger partial charge in [-0.25, -0.2) is 13.4 Å². The molecular weight excluding hydrogens is 422 g/mol. The highest BCUT2D eigenvalue weighted by atomic mass is 32.2. The lowest BCUT2D eigenvalue weighted by molar-refractivity contribution is 0.0985. The topological polar surface area (TPSA) is 79.8 Å². The van der Waals surface area contributed by atoms with E-state index >= 15 is 0 Å². The lowest BCUT2D eigenvalue weighted by Gasteiger charge is -2.22. The predicted octanol–water partition coefficient (Wildman–Crippen LogP) is 3.31. The number of sulfone groups is 1. The van der Waals surface area contributed by atoms with Gasteiger partial charge in [0.25, 0.3) is 5.91 Å². The molecule has 0 spiro atoms. The molecule has 0 fully saturated rings. The van der Waals surface area contributed by atoms with Gasteiger partial charge in [-0.15, -0.1) is 0 Å². The van der Waals surface area contributed by atoms with Crippen molar-refractivity contribution in [1.29, 1.82) is 0 Å². The molecule has 0 bridgehead atoms. The number of carbonyl (C=O) groups excluding carboxylic acids is 1. The molecule has 1 aromatic heterocycles. The summed E-state index contributed by atoms with van der Waals surface area (Å²) in [4.78, 5) is 21.7. The van der Waals surface area contributed by atoms with Gasteiger partial charge in [0, 0.05) is 24.9 Å².